The Bertz CT molecular complexity index is 608. The van der Waals surface area contributed by atoms with E-state index in [0.717, 1.165) is 0 Å². The van der Waals surface area contributed by atoms with Gasteiger partial charge in [0.25, 0.3) is 0 Å². The third kappa shape index (κ3) is 3.35. The Morgan fingerprint density at radius 1 is 0.500 bits per heavy atom. The van der Waals surface area contributed by atoms with E-state index in [1.165, 1.54) is 31.2 Å². The fourth-order valence-corrected chi connectivity index (χ4v) is 15.0. The molecule has 0 saturated carbocycles. The first kappa shape index (κ1) is 16.4. The average Bonchev–Trinajstić information content (AvgIpc) is 3.12. The molecule has 10 heteroatoms. The summed E-state index contributed by atoms with van der Waals surface area (Å²) in [6.07, 6.45) is 0. The molecule has 4 aliphatic rings. The van der Waals surface area contributed by atoms with E-state index < -0.39 is 0 Å². The van der Waals surface area contributed by atoms with Gasteiger partial charge in [0.15, 0.2) is 0 Å². The molecular formula is C10H2I2S8. The van der Waals surface area contributed by atoms with Crippen molar-refractivity contribution < 1.29 is 0 Å². The van der Waals surface area contributed by atoms with Gasteiger partial charge in [-0.1, -0.05) is 94.1 Å². The first-order valence-corrected chi connectivity index (χ1v) is 13.9. The molecular weight excluding hydrogens is 630 g/mol. The molecule has 0 N–H and O–H groups in total. The fraction of sp³-hybridized carbons (Fsp3) is 0. The smallest absolute Gasteiger partial charge is 0.0718 e. The molecule has 0 aliphatic carbocycles. The molecule has 4 heterocycles. The van der Waals surface area contributed by atoms with Crippen molar-refractivity contribution >= 4 is 139 Å². The molecule has 0 bridgehead atoms. The summed E-state index contributed by atoms with van der Waals surface area (Å²) in [5.74, 6) is 0. The zero-order valence-electron chi connectivity index (χ0n) is 9.18. The Labute approximate surface area is 178 Å². The second kappa shape index (κ2) is 7.06. The molecule has 0 amide bonds. The maximum Gasteiger partial charge on any atom is 0.0718 e. The maximum atomic E-state index is 2.44. The molecule has 0 fully saturated rings. The van der Waals surface area contributed by atoms with Crippen molar-refractivity contribution in [2.45, 2.75) is 0 Å². The zero-order chi connectivity index (χ0) is 13.7. The normalized spacial score (nSPS) is 25.9. The summed E-state index contributed by atoms with van der Waals surface area (Å²) in [5.41, 5.74) is 0. The van der Waals surface area contributed by atoms with Crippen LogP contribution in [0.2, 0.25) is 0 Å². The Morgan fingerprint density at radius 2 is 0.850 bits per heavy atom. The molecule has 0 nitrogen and oxygen atoms in total. The highest BCUT2D eigenvalue weighted by Gasteiger charge is 2.35. The zero-order valence-corrected chi connectivity index (χ0v) is 20.0. The molecule has 0 aromatic carbocycles. The van der Waals surface area contributed by atoms with E-state index in [1.807, 2.05) is 94.1 Å². The van der Waals surface area contributed by atoms with Gasteiger partial charge < -0.3 is 0 Å². The van der Waals surface area contributed by atoms with E-state index in [2.05, 4.69) is 56.0 Å². The van der Waals surface area contributed by atoms with Crippen LogP contribution in [0.4, 0.5) is 0 Å². The highest BCUT2D eigenvalue weighted by Crippen LogP contribution is 2.71. The van der Waals surface area contributed by atoms with Crippen LogP contribution in [0, 0.1) is 0 Å². The number of rotatable bonds is 0. The van der Waals surface area contributed by atoms with E-state index in [9.17, 15) is 0 Å². The summed E-state index contributed by atoms with van der Waals surface area (Å²) >= 11 is 20.3. The third-order valence-electron chi connectivity index (χ3n) is 2.17. The van der Waals surface area contributed by atoms with Gasteiger partial charge in [-0.25, -0.2) is 0 Å². The van der Waals surface area contributed by atoms with Crippen LogP contribution in [0.25, 0.3) is 0 Å². The van der Waals surface area contributed by atoms with Crippen LogP contribution in [0.15, 0.2) is 42.1 Å². The van der Waals surface area contributed by atoms with E-state index >= 15 is 0 Å². The molecule has 0 saturated heterocycles. The van der Waals surface area contributed by atoms with Crippen LogP contribution in [0.3, 0.4) is 0 Å². The van der Waals surface area contributed by atoms with E-state index in [1.54, 1.807) is 0 Å². The average molecular weight is 632 g/mol. The number of hydrogen-bond donors (Lipinski definition) is 0. The Hall–Kier alpha value is 2.96. The predicted octanol–water partition coefficient (Wildman–Crippen LogP) is 8.75. The van der Waals surface area contributed by atoms with Gasteiger partial charge in [-0.2, -0.15) is 0 Å². The van der Waals surface area contributed by atoms with Gasteiger partial charge in [0.1, 0.15) is 0 Å². The minimum absolute atomic E-state index is 1.41. The van der Waals surface area contributed by atoms with Crippen LogP contribution in [-0.4, -0.2) is 0 Å². The molecule has 0 atom stereocenters. The SMILES string of the molecule is IC1=C(I)SC(=C2SC3=C(SC(=C4SC=CS4)S3)S2)S1. The fourth-order valence-electron chi connectivity index (χ4n) is 1.40. The largest absolute Gasteiger partial charge is 0.0884 e. The lowest BCUT2D eigenvalue weighted by Crippen LogP contribution is -1.71. The molecule has 4 aliphatic heterocycles. The standard InChI is InChI=1S/C10H2I2S8/c11-3-4(12)16-7(15-3)8-19-9-10(20-8)18-6(17-9)5-13-1-2-14-5/h1-2H. The van der Waals surface area contributed by atoms with Gasteiger partial charge in [-0.15, -0.1) is 0 Å². The van der Waals surface area contributed by atoms with Crippen molar-refractivity contribution in [1.82, 2.24) is 0 Å². The molecule has 0 radical (unpaired) electrons. The minimum Gasteiger partial charge on any atom is -0.0884 e. The van der Waals surface area contributed by atoms with Crippen molar-refractivity contribution in [1.29, 1.82) is 0 Å². The molecule has 20 heavy (non-hydrogen) atoms. The van der Waals surface area contributed by atoms with Crippen molar-refractivity contribution in [3.05, 3.63) is 42.1 Å². The lowest BCUT2D eigenvalue weighted by molar-refractivity contribution is 2.35. The van der Waals surface area contributed by atoms with Crippen LogP contribution in [0.1, 0.15) is 0 Å². The van der Waals surface area contributed by atoms with Gasteiger partial charge in [0.05, 0.1) is 31.2 Å². The van der Waals surface area contributed by atoms with Gasteiger partial charge in [0.2, 0.25) is 0 Å². The summed E-state index contributed by atoms with van der Waals surface area (Å²) < 4.78 is 11.6. The number of thioether (sulfide) groups is 8. The maximum absolute atomic E-state index is 2.44. The molecule has 0 aromatic heterocycles. The van der Waals surface area contributed by atoms with E-state index in [4.69, 9.17) is 0 Å². The number of halogens is 2. The van der Waals surface area contributed by atoms with Crippen LogP contribution in [0.5, 0.6) is 0 Å². The summed E-state index contributed by atoms with van der Waals surface area (Å²) in [6.45, 7) is 0. The predicted molar refractivity (Wildman–Crippen MR) is 126 cm³/mol. The monoisotopic (exact) mass is 632 g/mol. The molecule has 0 unspecified atom stereocenters. The molecule has 104 valence electrons. The van der Waals surface area contributed by atoms with Crippen LogP contribution < -0.4 is 0 Å². The van der Waals surface area contributed by atoms with Crippen molar-refractivity contribution in [2.75, 3.05) is 0 Å². The Morgan fingerprint density at radius 3 is 1.30 bits per heavy atom. The Balaban J connectivity index is 1.49. The molecule has 0 aromatic rings. The quantitative estimate of drug-likeness (QED) is 0.240. The highest BCUT2D eigenvalue weighted by molar-refractivity contribution is 14.1. The van der Waals surface area contributed by atoms with Crippen LogP contribution in [-0.2, 0) is 0 Å². The highest BCUT2D eigenvalue weighted by atomic mass is 127. The lowest BCUT2D eigenvalue weighted by atomic mass is 11.2. The second-order valence-corrected chi connectivity index (χ2v) is 16.5. The van der Waals surface area contributed by atoms with Crippen LogP contribution >= 0.6 is 139 Å². The third-order valence-corrected chi connectivity index (χ3v) is 17.3. The lowest BCUT2D eigenvalue weighted by Gasteiger charge is -2.06. The summed E-state index contributed by atoms with van der Waals surface area (Å²) in [5, 5.41) is 4.35. The van der Waals surface area contributed by atoms with Crippen molar-refractivity contribution in [3.63, 3.8) is 0 Å². The topological polar surface area (TPSA) is 0 Å². The van der Waals surface area contributed by atoms with Crippen molar-refractivity contribution in [2.24, 2.45) is 0 Å². The van der Waals surface area contributed by atoms with Gasteiger partial charge in [0, 0.05) is 0 Å². The van der Waals surface area contributed by atoms with E-state index in [0.29, 0.717) is 0 Å². The number of hydrogen-bond acceptors (Lipinski definition) is 8. The summed E-state index contributed by atoms with van der Waals surface area (Å²) in [7, 11) is 0. The minimum atomic E-state index is 1.41. The summed E-state index contributed by atoms with van der Waals surface area (Å²) in [6, 6.07) is 0. The molecule has 4 rings (SSSR count). The second-order valence-electron chi connectivity index (χ2n) is 3.39. The first-order valence-electron chi connectivity index (χ1n) is 5.04. The van der Waals surface area contributed by atoms with Crippen molar-refractivity contribution in [3.8, 4) is 0 Å². The van der Waals surface area contributed by atoms with Gasteiger partial charge >= 0.3 is 0 Å². The molecule has 0 spiro atoms. The van der Waals surface area contributed by atoms with Gasteiger partial charge in [-0.3, -0.25) is 0 Å². The Kier molecular flexibility index (Phi) is 5.80. The summed E-state index contributed by atoms with van der Waals surface area (Å²) in [4.78, 5) is 0. The van der Waals surface area contributed by atoms with Gasteiger partial charge in [-0.05, 0) is 56.0 Å². The first-order chi connectivity index (χ1) is 9.70. The van der Waals surface area contributed by atoms with E-state index in [-0.39, 0.29) is 0 Å².